The molecule has 6 nitrogen and oxygen atoms in total. The molecule has 2 N–H and O–H groups in total. The Morgan fingerprint density at radius 1 is 1.48 bits per heavy atom. The summed E-state index contributed by atoms with van der Waals surface area (Å²) in [6.07, 6.45) is 1.67. The van der Waals surface area contributed by atoms with Crippen molar-refractivity contribution in [2.75, 3.05) is 19.9 Å². The minimum Gasteiger partial charge on any atom is -0.497 e. The Labute approximate surface area is 124 Å². The Balaban J connectivity index is 2.13. The molecule has 1 heterocycles. The van der Waals surface area contributed by atoms with E-state index in [1.165, 1.54) is 0 Å². The number of carbonyl (C=O) groups excluding carboxylic acids is 1. The SMILES string of the molecule is CCn1cc(N)c(C(=O)N(C)Cc2cccc(OC)c2)n1. The van der Waals surface area contributed by atoms with Gasteiger partial charge in [-0.2, -0.15) is 5.10 Å². The molecule has 21 heavy (non-hydrogen) atoms. The predicted molar refractivity (Wildman–Crippen MR) is 81.1 cm³/mol. The summed E-state index contributed by atoms with van der Waals surface area (Å²) in [7, 11) is 3.35. The highest BCUT2D eigenvalue weighted by Crippen LogP contribution is 2.16. The average molecular weight is 288 g/mol. The van der Waals surface area contributed by atoms with Crippen LogP contribution in [-0.2, 0) is 13.1 Å². The van der Waals surface area contributed by atoms with E-state index in [0.717, 1.165) is 11.3 Å². The Kier molecular flexibility index (Phi) is 4.47. The smallest absolute Gasteiger partial charge is 0.276 e. The highest BCUT2D eigenvalue weighted by atomic mass is 16.5. The summed E-state index contributed by atoms with van der Waals surface area (Å²) >= 11 is 0. The maximum absolute atomic E-state index is 12.4. The van der Waals surface area contributed by atoms with Gasteiger partial charge >= 0.3 is 0 Å². The first-order valence-electron chi connectivity index (χ1n) is 6.76. The van der Waals surface area contributed by atoms with Gasteiger partial charge in [-0.1, -0.05) is 12.1 Å². The first kappa shape index (κ1) is 14.9. The van der Waals surface area contributed by atoms with Gasteiger partial charge in [0.2, 0.25) is 0 Å². The number of methoxy groups -OCH3 is 1. The van der Waals surface area contributed by atoms with Crippen molar-refractivity contribution < 1.29 is 9.53 Å². The van der Waals surface area contributed by atoms with E-state index in [-0.39, 0.29) is 5.91 Å². The zero-order valence-corrected chi connectivity index (χ0v) is 12.5. The van der Waals surface area contributed by atoms with Crippen molar-refractivity contribution in [3.05, 3.63) is 41.7 Å². The fourth-order valence-corrected chi connectivity index (χ4v) is 2.06. The Hall–Kier alpha value is -2.50. The number of nitrogens with two attached hydrogens (primary N) is 1. The lowest BCUT2D eigenvalue weighted by atomic mass is 10.2. The molecule has 0 saturated carbocycles. The van der Waals surface area contributed by atoms with E-state index in [0.29, 0.717) is 24.5 Å². The maximum Gasteiger partial charge on any atom is 0.276 e. The number of nitrogen functional groups attached to an aromatic ring is 1. The second-order valence-corrected chi connectivity index (χ2v) is 4.80. The highest BCUT2D eigenvalue weighted by Gasteiger charge is 2.19. The van der Waals surface area contributed by atoms with E-state index in [9.17, 15) is 4.79 Å². The number of nitrogens with zero attached hydrogens (tertiary/aromatic N) is 3. The molecule has 1 aromatic heterocycles. The number of anilines is 1. The molecule has 0 unspecified atom stereocenters. The van der Waals surface area contributed by atoms with Crippen molar-refractivity contribution in [1.82, 2.24) is 14.7 Å². The number of ether oxygens (including phenoxy) is 1. The Morgan fingerprint density at radius 2 is 2.24 bits per heavy atom. The molecular formula is C15H20N4O2. The molecule has 0 aliphatic heterocycles. The van der Waals surface area contributed by atoms with Crippen LogP contribution < -0.4 is 10.5 Å². The molecule has 1 amide bonds. The molecule has 0 aliphatic rings. The van der Waals surface area contributed by atoms with Gasteiger partial charge in [-0.05, 0) is 24.6 Å². The number of hydrogen-bond donors (Lipinski definition) is 1. The summed E-state index contributed by atoms with van der Waals surface area (Å²) in [6, 6.07) is 7.61. The normalized spacial score (nSPS) is 10.4. The summed E-state index contributed by atoms with van der Waals surface area (Å²) in [5, 5.41) is 4.20. The molecule has 2 aromatic rings. The molecular weight excluding hydrogens is 268 g/mol. The van der Waals surface area contributed by atoms with Crippen molar-refractivity contribution in [2.45, 2.75) is 20.0 Å². The van der Waals surface area contributed by atoms with Crippen LogP contribution in [0, 0.1) is 0 Å². The third-order valence-corrected chi connectivity index (χ3v) is 3.22. The topological polar surface area (TPSA) is 73.4 Å². The second kappa shape index (κ2) is 6.30. The minimum absolute atomic E-state index is 0.192. The standard InChI is InChI=1S/C15H20N4O2/c1-4-19-10-13(16)14(17-19)15(20)18(2)9-11-6-5-7-12(8-11)21-3/h5-8,10H,4,9,16H2,1-3H3. The number of amides is 1. The maximum atomic E-state index is 12.4. The average Bonchev–Trinajstić information content (AvgIpc) is 2.87. The molecule has 112 valence electrons. The number of aromatic nitrogens is 2. The number of benzene rings is 1. The van der Waals surface area contributed by atoms with Crippen LogP contribution in [0.5, 0.6) is 5.75 Å². The van der Waals surface area contributed by atoms with Gasteiger partial charge in [0.15, 0.2) is 5.69 Å². The van der Waals surface area contributed by atoms with Gasteiger partial charge < -0.3 is 15.4 Å². The second-order valence-electron chi connectivity index (χ2n) is 4.80. The van der Waals surface area contributed by atoms with Crippen LogP contribution in [0.1, 0.15) is 23.0 Å². The van der Waals surface area contributed by atoms with Crippen molar-refractivity contribution in [1.29, 1.82) is 0 Å². The third-order valence-electron chi connectivity index (χ3n) is 3.22. The monoisotopic (exact) mass is 288 g/mol. The van der Waals surface area contributed by atoms with Crippen LogP contribution >= 0.6 is 0 Å². The molecule has 0 fully saturated rings. The number of rotatable bonds is 5. The molecule has 0 atom stereocenters. The molecule has 0 aliphatic carbocycles. The molecule has 2 rings (SSSR count). The van der Waals surface area contributed by atoms with Gasteiger partial charge in [0.05, 0.1) is 12.8 Å². The van der Waals surface area contributed by atoms with Crippen LogP contribution in [0.3, 0.4) is 0 Å². The van der Waals surface area contributed by atoms with Crippen LogP contribution in [0.4, 0.5) is 5.69 Å². The summed E-state index contributed by atoms with van der Waals surface area (Å²) in [4.78, 5) is 14.0. The first-order chi connectivity index (χ1) is 10.0. The highest BCUT2D eigenvalue weighted by molar-refractivity contribution is 5.96. The van der Waals surface area contributed by atoms with Crippen molar-refractivity contribution in [3.8, 4) is 5.75 Å². The number of hydrogen-bond acceptors (Lipinski definition) is 4. The van der Waals surface area contributed by atoms with E-state index >= 15 is 0 Å². The summed E-state index contributed by atoms with van der Waals surface area (Å²) in [5.41, 5.74) is 7.52. The zero-order valence-electron chi connectivity index (χ0n) is 12.5. The van der Waals surface area contributed by atoms with Gasteiger partial charge in [0.25, 0.3) is 5.91 Å². The third kappa shape index (κ3) is 3.34. The Bertz CT molecular complexity index is 636. The van der Waals surface area contributed by atoms with Gasteiger partial charge in [0.1, 0.15) is 5.75 Å². The number of aryl methyl sites for hydroxylation is 1. The van der Waals surface area contributed by atoms with Gasteiger partial charge in [-0.25, -0.2) is 0 Å². The van der Waals surface area contributed by atoms with Crippen LogP contribution in [0.15, 0.2) is 30.5 Å². The van der Waals surface area contributed by atoms with E-state index in [1.54, 1.807) is 29.9 Å². The van der Waals surface area contributed by atoms with Crippen molar-refractivity contribution in [2.24, 2.45) is 0 Å². The molecule has 1 aromatic carbocycles. The fraction of sp³-hybridized carbons (Fsp3) is 0.333. The quantitative estimate of drug-likeness (QED) is 0.910. The van der Waals surface area contributed by atoms with E-state index in [2.05, 4.69) is 5.10 Å². The van der Waals surface area contributed by atoms with Crippen molar-refractivity contribution in [3.63, 3.8) is 0 Å². The van der Waals surface area contributed by atoms with E-state index in [4.69, 9.17) is 10.5 Å². The lowest BCUT2D eigenvalue weighted by Crippen LogP contribution is -2.27. The summed E-state index contributed by atoms with van der Waals surface area (Å²) < 4.78 is 6.83. The predicted octanol–water partition coefficient (Wildman–Crippen LogP) is 1.77. The van der Waals surface area contributed by atoms with Gasteiger partial charge in [0, 0.05) is 26.3 Å². The molecule has 0 bridgehead atoms. The Morgan fingerprint density at radius 3 is 2.86 bits per heavy atom. The van der Waals surface area contributed by atoms with Crippen LogP contribution in [0.25, 0.3) is 0 Å². The fourth-order valence-electron chi connectivity index (χ4n) is 2.06. The molecule has 0 spiro atoms. The van der Waals surface area contributed by atoms with Crippen molar-refractivity contribution >= 4 is 11.6 Å². The minimum atomic E-state index is -0.192. The largest absolute Gasteiger partial charge is 0.497 e. The lowest BCUT2D eigenvalue weighted by Gasteiger charge is -2.16. The zero-order chi connectivity index (χ0) is 15.4. The molecule has 6 heteroatoms. The van der Waals surface area contributed by atoms with Gasteiger partial charge in [-0.15, -0.1) is 0 Å². The lowest BCUT2D eigenvalue weighted by molar-refractivity contribution is 0.0779. The van der Waals surface area contributed by atoms with Gasteiger partial charge in [-0.3, -0.25) is 9.48 Å². The van der Waals surface area contributed by atoms with E-state index < -0.39 is 0 Å². The summed E-state index contributed by atoms with van der Waals surface area (Å²) in [5.74, 6) is 0.575. The van der Waals surface area contributed by atoms with Crippen LogP contribution in [0.2, 0.25) is 0 Å². The van der Waals surface area contributed by atoms with E-state index in [1.807, 2.05) is 31.2 Å². The molecule has 0 radical (unpaired) electrons. The molecule has 0 saturated heterocycles. The van der Waals surface area contributed by atoms with Crippen LogP contribution in [-0.4, -0.2) is 34.7 Å². The number of carbonyl (C=O) groups is 1. The summed E-state index contributed by atoms with van der Waals surface area (Å²) in [6.45, 7) is 3.09. The first-order valence-corrected chi connectivity index (χ1v) is 6.76.